The molecule has 0 bridgehead atoms. The number of allylic oxidation sites excluding steroid dienone is 6. The molecule has 0 spiro atoms. The zero-order chi connectivity index (χ0) is 43.5. The van der Waals surface area contributed by atoms with E-state index in [1.165, 1.54) is 199 Å². The van der Waals surface area contributed by atoms with Gasteiger partial charge in [0.15, 0.2) is 6.10 Å². The molecule has 0 rings (SSSR count). The van der Waals surface area contributed by atoms with E-state index >= 15 is 0 Å². The fraction of sp³-hybridized carbons (Fsp3) is 0.855. The first-order valence-electron chi connectivity index (χ1n) is 26.5. The summed E-state index contributed by atoms with van der Waals surface area (Å²) in [5, 5.41) is 0. The lowest BCUT2D eigenvalue weighted by Crippen LogP contribution is -2.30. The van der Waals surface area contributed by atoms with Gasteiger partial charge >= 0.3 is 11.9 Å². The molecule has 0 aromatic heterocycles. The topological polar surface area (TPSA) is 61.8 Å². The molecular weight excluding hydrogens is 741 g/mol. The van der Waals surface area contributed by atoms with Crippen LogP contribution >= 0.6 is 0 Å². The lowest BCUT2D eigenvalue weighted by atomic mass is 10.1. The molecule has 0 aromatic rings. The highest BCUT2D eigenvalue weighted by atomic mass is 16.6. The second-order valence-electron chi connectivity index (χ2n) is 17.8. The van der Waals surface area contributed by atoms with Crippen LogP contribution in [0.3, 0.4) is 0 Å². The molecule has 1 atom stereocenters. The molecule has 0 aliphatic heterocycles. The second kappa shape index (κ2) is 51.5. The molecule has 5 heteroatoms. The third-order valence-corrected chi connectivity index (χ3v) is 11.6. The van der Waals surface area contributed by atoms with Gasteiger partial charge in [0, 0.05) is 19.4 Å². The SMILES string of the molecule is CCCCC/C=C\C/C=C\CCCCCCCCCC(=O)OCC(COCCCCCCCCCCCC)OC(=O)CCCCCCCCC/C=C\CCCCCCCC. The summed E-state index contributed by atoms with van der Waals surface area (Å²) in [5.74, 6) is -0.398. The Morgan fingerprint density at radius 1 is 0.367 bits per heavy atom. The minimum Gasteiger partial charge on any atom is -0.462 e. The fourth-order valence-electron chi connectivity index (χ4n) is 7.65. The fourth-order valence-corrected chi connectivity index (χ4v) is 7.65. The van der Waals surface area contributed by atoms with Crippen LogP contribution in [-0.4, -0.2) is 37.9 Å². The maximum absolute atomic E-state index is 12.8. The van der Waals surface area contributed by atoms with Crippen molar-refractivity contribution in [1.82, 2.24) is 0 Å². The number of esters is 2. The highest BCUT2D eigenvalue weighted by Crippen LogP contribution is 2.15. The molecule has 60 heavy (non-hydrogen) atoms. The maximum Gasteiger partial charge on any atom is 0.306 e. The quantitative estimate of drug-likeness (QED) is 0.0347. The molecule has 0 N–H and O–H groups in total. The molecule has 5 nitrogen and oxygen atoms in total. The number of hydrogen-bond acceptors (Lipinski definition) is 5. The van der Waals surface area contributed by atoms with Crippen LogP contribution in [-0.2, 0) is 23.8 Å². The summed E-state index contributed by atoms with van der Waals surface area (Å²) >= 11 is 0. The molecule has 0 aliphatic carbocycles. The van der Waals surface area contributed by atoms with E-state index in [1.807, 2.05) is 0 Å². The van der Waals surface area contributed by atoms with Crippen LogP contribution in [0.1, 0.15) is 278 Å². The molecule has 0 aromatic carbocycles. The van der Waals surface area contributed by atoms with Gasteiger partial charge in [-0.2, -0.15) is 0 Å². The number of carbonyl (C=O) groups is 2. The number of hydrogen-bond donors (Lipinski definition) is 0. The Bertz CT molecular complexity index is 955. The Hall–Kier alpha value is -1.88. The van der Waals surface area contributed by atoms with E-state index in [2.05, 4.69) is 57.2 Å². The van der Waals surface area contributed by atoms with Crippen molar-refractivity contribution in [1.29, 1.82) is 0 Å². The first-order valence-corrected chi connectivity index (χ1v) is 26.5. The van der Waals surface area contributed by atoms with E-state index in [-0.39, 0.29) is 25.2 Å². The zero-order valence-corrected chi connectivity index (χ0v) is 40.5. The van der Waals surface area contributed by atoms with Crippen molar-refractivity contribution in [2.45, 2.75) is 284 Å². The van der Waals surface area contributed by atoms with Crippen LogP contribution in [0.4, 0.5) is 0 Å². The molecule has 352 valence electrons. The van der Waals surface area contributed by atoms with Gasteiger partial charge in [-0.15, -0.1) is 0 Å². The van der Waals surface area contributed by atoms with Crippen LogP contribution in [0.15, 0.2) is 36.5 Å². The van der Waals surface area contributed by atoms with Gasteiger partial charge < -0.3 is 14.2 Å². The van der Waals surface area contributed by atoms with Crippen LogP contribution < -0.4 is 0 Å². The Kier molecular flexibility index (Phi) is 49.9. The normalized spacial score (nSPS) is 12.4. The lowest BCUT2D eigenvalue weighted by Gasteiger charge is -2.18. The summed E-state index contributed by atoms with van der Waals surface area (Å²) in [6, 6.07) is 0. The van der Waals surface area contributed by atoms with Gasteiger partial charge in [0.2, 0.25) is 0 Å². The number of carbonyl (C=O) groups excluding carboxylic acids is 2. The van der Waals surface area contributed by atoms with E-state index in [9.17, 15) is 9.59 Å². The van der Waals surface area contributed by atoms with Gasteiger partial charge in [0.05, 0.1) is 6.61 Å². The smallest absolute Gasteiger partial charge is 0.306 e. The minimum atomic E-state index is -0.536. The summed E-state index contributed by atoms with van der Waals surface area (Å²) < 4.78 is 17.4. The van der Waals surface area contributed by atoms with E-state index in [1.54, 1.807) is 0 Å². The summed E-state index contributed by atoms with van der Waals surface area (Å²) in [5.41, 5.74) is 0. The highest BCUT2D eigenvalue weighted by Gasteiger charge is 2.17. The van der Waals surface area contributed by atoms with Gasteiger partial charge in [-0.05, 0) is 77.0 Å². The molecule has 0 heterocycles. The van der Waals surface area contributed by atoms with Gasteiger partial charge in [-0.1, -0.05) is 224 Å². The van der Waals surface area contributed by atoms with Crippen LogP contribution in [0.5, 0.6) is 0 Å². The molecule has 0 radical (unpaired) electrons. The molecule has 0 saturated carbocycles. The largest absolute Gasteiger partial charge is 0.462 e. The van der Waals surface area contributed by atoms with Crippen molar-refractivity contribution in [3.05, 3.63) is 36.5 Å². The summed E-state index contributed by atoms with van der Waals surface area (Å²) in [6.07, 6.45) is 61.5. The van der Waals surface area contributed by atoms with E-state index < -0.39 is 6.10 Å². The maximum atomic E-state index is 12.8. The van der Waals surface area contributed by atoms with Crippen LogP contribution in [0.25, 0.3) is 0 Å². The lowest BCUT2D eigenvalue weighted by molar-refractivity contribution is -0.163. The number of rotatable bonds is 49. The van der Waals surface area contributed by atoms with Gasteiger partial charge in [0.25, 0.3) is 0 Å². The Morgan fingerprint density at radius 3 is 1.15 bits per heavy atom. The van der Waals surface area contributed by atoms with Crippen molar-refractivity contribution >= 4 is 11.9 Å². The van der Waals surface area contributed by atoms with Crippen molar-refractivity contribution in [2.75, 3.05) is 19.8 Å². The third kappa shape index (κ3) is 48.8. The van der Waals surface area contributed by atoms with E-state index in [4.69, 9.17) is 14.2 Å². The van der Waals surface area contributed by atoms with Crippen molar-refractivity contribution in [3.63, 3.8) is 0 Å². The first kappa shape index (κ1) is 58.1. The third-order valence-electron chi connectivity index (χ3n) is 11.6. The Balaban J connectivity index is 4.20. The Morgan fingerprint density at radius 2 is 0.700 bits per heavy atom. The molecule has 0 saturated heterocycles. The van der Waals surface area contributed by atoms with Crippen LogP contribution in [0, 0.1) is 0 Å². The summed E-state index contributed by atoms with van der Waals surface area (Å²) in [7, 11) is 0. The first-order chi connectivity index (χ1) is 29.6. The van der Waals surface area contributed by atoms with E-state index in [0.717, 1.165) is 44.9 Å². The minimum absolute atomic E-state index is 0.0839. The van der Waals surface area contributed by atoms with Crippen molar-refractivity contribution in [2.24, 2.45) is 0 Å². The summed E-state index contributed by atoms with van der Waals surface area (Å²) in [6.45, 7) is 7.82. The molecular formula is C55H102O5. The Labute approximate surface area is 374 Å². The van der Waals surface area contributed by atoms with Crippen LogP contribution in [0.2, 0.25) is 0 Å². The average Bonchev–Trinajstić information content (AvgIpc) is 3.25. The van der Waals surface area contributed by atoms with Gasteiger partial charge in [0.1, 0.15) is 6.61 Å². The van der Waals surface area contributed by atoms with Gasteiger partial charge in [-0.3, -0.25) is 9.59 Å². The predicted molar refractivity (Wildman–Crippen MR) is 261 cm³/mol. The second-order valence-corrected chi connectivity index (χ2v) is 17.8. The molecule has 0 aliphatic rings. The number of unbranched alkanes of at least 4 members (excludes halogenated alkanes) is 32. The average molecular weight is 843 g/mol. The predicted octanol–water partition coefficient (Wildman–Crippen LogP) is 17.8. The monoisotopic (exact) mass is 843 g/mol. The van der Waals surface area contributed by atoms with Gasteiger partial charge in [-0.25, -0.2) is 0 Å². The molecule has 0 amide bonds. The standard InChI is InChI=1S/C55H102O5/c1-4-7-10-13-16-19-22-24-26-28-30-32-34-36-39-42-45-48-54(56)59-52-53(51-58-50-47-44-41-38-21-18-15-12-9-6-3)60-55(57)49-46-43-40-37-35-33-31-29-27-25-23-20-17-14-11-8-5-2/h16,19,24-27,53H,4-15,17-18,20-23,28-52H2,1-3H3/b19-16-,26-24-,27-25-. The molecule has 0 fully saturated rings. The van der Waals surface area contributed by atoms with E-state index in [0.29, 0.717) is 19.4 Å². The highest BCUT2D eigenvalue weighted by molar-refractivity contribution is 5.70. The van der Waals surface area contributed by atoms with Crippen molar-refractivity contribution in [3.8, 4) is 0 Å². The summed E-state index contributed by atoms with van der Waals surface area (Å²) in [4.78, 5) is 25.4. The van der Waals surface area contributed by atoms with Crippen molar-refractivity contribution < 1.29 is 23.8 Å². The zero-order valence-electron chi connectivity index (χ0n) is 40.5. The molecule has 1 unspecified atom stereocenters. The number of ether oxygens (including phenoxy) is 3.